The second kappa shape index (κ2) is 7.65. The van der Waals surface area contributed by atoms with Gasteiger partial charge in [0.15, 0.2) is 0 Å². The molecule has 1 aliphatic rings. The number of piperidine rings is 1. The maximum absolute atomic E-state index is 13.8. The Hall–Kier alpha value is -2.10. The predicted octanol–water partition coefficient (Wildman–Crippen LogP) is 4.81. The summed E-state index contributed by atoms with van der Waals surface area (Å²) in [6.45, 7) is 3.01. The van der Waals surface area contributed by atoms with E-state index in [9.17, 15) is 9.18 Å². The number of aryl methyl sites for hydroxylation is 1. The minimum absolute atomic E-state index is 0.199. The average molecular weight is 329 g/mol. The molecule has 1 saturated heterocycles. The topological polar surface area (TPSA) is 33.5 Å². The van der Waals surface area contributed by atoms with Crippen molar-refractivity contribution in [2.24, 2.45) is 0 Å². The second-order valence-electron chi connectivity index (χ2n) is 6.39. The van der Waals surface area contributed by atoms with Crippen molar-refractivity contribution in [1.29, 1.82) is 0 Å². The van der Waals surface area contributed by atoms with E-state index in [-0.39, 0.29) is 11.7 Å². The number of benzene rings is 1. The normalized spacial score (nSPS) is 17.9. The molecule has 2 heterocycles. The third kappa shape index (κ3) is 3.69. The van der Waals surface area contributed by atoms with Crippen molar-refractivity contribution in [3.63, 3.8) is 0 Å². The number of furan rings is 1. The van der Waals surface area contributed by atoms with Crippen LogP contribution in [0.3, 0.4) is 0 Å². The molecule has 2 aromatic rings. The Bertz CT molecular complexity index is 694. The molecule has 1 amide bonds. The molecule has 1 aromatic heterocycles. The highest BCUT2D eigenvalue weighted by atomic mass is 19.1. The van der Waals surface area contributed by atoms with Gasteiger partial charge in [0.1, 0.15) is 17.3 Å². The van der Waals surface area contributed by atoms with Gasteiger partial charge < -0.3 is 9.32 Å². The van der Waals surface area contributed by atoms with E-state index in [0.29, 0.717) is 30.2 Å². The van der Waals surface area contributed by atoms with Gasteiger partial charge in [-0.15, -0.1) is 0 Å². The summed E-state index contributed by atoms with van der Waals surface area (Å²) < 4.78 is 19.5. The molecule has 0 spiro atoms. The monoisotopic (exact) mass is 329 g/mol. The number of likely N-dealkylation sites (tertiary alicyclic amines) is 1. The van der Waals surface area contributed by atoms with E-state index in [4.69, 9.17) is 4.42 Å². The number of rotatable bonds is 5. The smallest absolute Gasteiger partial charge is 0.223 e. The van der Waals surface area contributed by atoms with Gasteiger partial charge in [-0.3, -0.25) is 4.79 Å². The van der Waals surface area contributed by atoms with Gasteiger partial charge in [0.25, 0.3) is 0 Å². The molecule has 128 valence electrons. The minimum Gasteiger partial charge on any atom is -0.461 e. The van der Waals surface area contributed by atoms with Crippen molar-refractivity contribution in [3.05, 3.63) is 48.0 Å². The molecule has 0 radical (unpaired) electrons. The molecule has 1 atom stereocenters. The van der Waals surface area contributed by atoms with E-state index in [1.165, 1.54) is 12.5 Å². The lowest BCUT2D eigenvalue weighted by Gasteiger charge is -2.35. The van der Waals surface area contributed by atoms with Crippen LogP contribution in [0.15, 0.2) is 40.8 Å². The highest BCUT2D eigenvalue weighted by molar-refractivity contribution is 5.76. The van der Waals surface area contributed by atoms with Crippen LogP contribution in [-0.4, -0.2) is 23.4 Å². The van der Waals surface area contributed by atoms with Gasteiger partial charge in [-0.2, -0.15) is 0 Å². The Morgan fingerprint density at radius 1 is 1.25 bits per heavy atom. The average Bonchev–Trinajstić information content (AvgIpc) is 3.08. The standard InChI is InChI=1S/C20H24FNO2/c1-2-15-7-5-6-14-22(15)20(23)13-11-16-10-12-19(24-16)17-8-3-4-9-18(17)21/h3-4,8-10,12,15H,2,5-7,11,13-14H2,1H3. The number of hydrogen-bond donors (Lipinski definition) is 0. The fourth-order valence-corrected chi connectivity index (χ4v) is 3.45. The molecule has 1 unspecified atom stereocenters. The number of nitrogens with zero attached hydrogens (tertiary/aromatic N) is 1. The zero-order valence-corrected chi connectivity index (χ0v) is 14.1. The van der Waals surface area contributed by atoms with E-state index < -0.39 is 0 Å². The largest absolute Gasteiger partial charge is 0.461 e. The number of halogens is 1. The number of carbonyl (C=O) groups excluding carboxylic acids is 1. The lowest BCUT2D eigenvalue weighted by molar-refractivity contribution is -0.135. The van der Waals surface area contributed by atoms with Crippen LogP contribution in [0.1, 0.15) is 44.8 Å². The van der Waals surface area contributed by atoms with Gasteiger partial charge >= 0.3 is 0 Å². The van der Waals surface area contributed by atoms with Gasteiger partial charge in [-0.1, -0.05) is 19.1 Å². The van der Waals surface area contributed by atoms with Crippen molar-refractivity contribution >= 4 is 5.91 Å². The molecular formula is C20H24FNO2. The van der Waals surface area contributed by atoms with Crippen LogP contribution in [0, 0.1) is 5.82 Å². The summed E-state index contributed by atoms with van der Waals surface area (Å²) in [5.41, 5.74) is 0.456. The maximum atomic E-state index is 13.8. The summed E-state index contributed by atoms with van der Waals surface area (Å²) >= 11 is 0. The highest BCUT2D eigenvalue weighted by Crippen LogP contribution is 2.26. The van der Waals surface area contributed by atoms with Crippen LogP contribution < -0.4 is 0 Å². The first-order valence-corrected chi connectivity index (χ1v) is 8.82. The van der Waals surface area contributed by atoms with Gasteiger partial charge in [-0.25, -0.2) is 4.39 Å². The molecule has 0 aliphatic carbocycles. The second-order valence-corrected chi connectivity index (χ2v) is 6.39. The zero-order chi connectivity index (χ0) is 16.9. The first-order valence-electron chi connectivity index (χ1n) is 8.82. The van der Waals surface area contributed by atoms with Crippen molar-refractivity contribution in [2.75, 3.05) is 6.54 Å². The first-order chi connectivity index (χ1) is 11.7. The van der Waals surface area contributed by atoms with E-state index in [1.54, 1.807) is 24.3 Å². The summed E-state index contributed by atoms with van der Waals surface area (Å²) in [6.07, 6.45) is 5.44. The predicted molar refractivity (Wildman–Crippen MR) is 92.1 cm³/mol. The summed E-state index contributed by atoms with van der Waals surface area (Å²) in [7, 11) is 0. The Labute approximate surface area is 142 Å². The van der Waals surface area contributed by atoms with Crippen molar-refractivity contribution in [3.8, 4) is 11.3 Å². The van der Waals surface area contributed by atoms with Crippen LogP contribution in [0.2, 0.25) is 0 Å². The summed E-state index contributed by atoms with van der Waals surface area (Å²) in [5, 5.41) is 0. The van der Waals surface area contributed by atoms with Crippen LogP contribution in [0.5, 0.6) is 0 Å². The van der Waals surface area contributed by atoms with Gasteiger partial charge in [0, 0.05) is 25.4 Å². The Kier molecular flexibility index (Phi) is 5.34. The lowest BCUT2D eigenvalue weighted by Crippen LogP contribution is -2.43. The quantitative estimate of drug-likeness (QED) is 0.789. The van der Waals surface area contributed by atoms with Gasteiger partial charge in [-0.05, 0) is 49.9 Å². The molecule has 24 heavy (non-hydrogen) atoms. The van der Waals surface area contributed by atoms with E-state index >= 15 is 0 Å². The molecule has 3 rings (SSSR count). The number of amides is 1. The molecule has 3 nitrogen and oxygen atoms in total. The SMILES string of the molecule is CCC1CCCCN1C(=O)CCc1ccc(-c2ccccc2F)o1. The molecule has 1 fully saturated rings. The fourth-order valence-electron chi connectivity index (χ4n) is 3.45. The van der Waals surface area contributed by atoms with E-state index in [2.05, 4.69) is 6.92 Å². The van der Waals surface area contributed by atoms with Gasteiger partial charge in [0.2, 0.25) is 5.91 Å². The zero-order valence-electron chi connectivity index (χ0n) is 14.1. The van der Waals surface area contributed by atoms with E-state index in [1.807, 2.05) is 11.0 Å². The summed E-state index contributed by atoms with van der Waals surface area (Å²) in [6, 6.07) is 10.5. The summed E-state index contributed by atoms with van der Waals surface area (Å²) in [4.78, 5) is 14.5. The summed E-state index contributed by atoms with van der Waals surface area (Å²) in [5.74, 6) is 1.14. The van der Waals surface area contributed by atoms with Crippen molar-refractivity contribution < 1.29 is 13.6 Å². The number of carbonyl (C=O) groups is 1. The van der Waals surface area contributed by atoms with Crippen LogP contribution in [-0.2, 0) is 11.2 Å². The fraction of sp³-hybridized carbons (Fsp3) is 0.450. The molecule has 0 N–H and O–H groups in total. The highest BCUT2D eigenvalue weighted by Gasteiger charge is 2.25. The molecule has 1 aromatic carbocycles. The maximum Gasteiger partial charge on any atom is 0.223 e. The molecule has 4 heteroatoms. The van der Waals surface area contributed by atoms with Gasteiger partial charge in [0.05, 0.1) is 5.56 Å². The Morgan fingerprint density at radius 2 is 2.08 bits per heavy atom. The Balaban J connectivity index is 1.61. The van der Waals surface area contributed by atoms with E-state index in [0.717, 1.165) is 31.6 Å². The molecule has 1 aliphatic heterocycles. The molecule has 0 saturated carbocycles. The minimum atomic E-state index is -0.298. The van der Waals surface area contributed by atoms with Crippen LogP contribution >= 0.6 is 0 Å². The lowest BCUT2D eigenvalue weighted by atomic mass is 9.99. The molecular weight excluding hydrogens is 305 g/mol. The molecule has 0 bridgehead atoms. The van der Waals surface area contributed by atoms with Crippen molar-refractivity contribution in [1.82, 2.24) is 4.90 Å². The third-order valence-electron chi connectivity index (χ3n) is 4.80. The third-order valence-corrected chi connectivity index (χ3v) is 4.80. The van der Waals surface area contributed by atoms with Crippen LogP contribution in [0.25, 0.3) is 11.3 Å². The van der Waals surface area contributed by atoms with Crippen LogP contribution in [0.4, 0.5) is 4.39 Å². The number of hydrogen-bond acceptors (Lipinski definition) is 2. The first kappa shape index (κ1) is 16.7. The van der Waals surface area contributed by atoms with Crippen molar-refractivity contribution in [2.45, 2.75) is 51.5 Å². The Morgan fingerprint density at radius 3 is 2.88 bits per heavy atom.